The SMILES string of the molecule is Cc1c(C(=O)NCC2C(=O)NC(C)CC2C)cc(-c2ccc(CN3CCOCC3)cc2)cc1N(C)C1CCCCC1. The molecule has 5 rings (SSSR count). The molecule has 2 N–H and O–H groups in total. The number of ether oxygens (including phenoxy) is 1. The standard InChI is InChI=1S/C34H48N4O3/c1-23-18-24(2)36-34(40)31(23)21-35-33(39)30-19-28(20-32(25(30)3)37(4)29-8-6-5-7-9-29)27-12-10-26(11-13-27)22-38-14-16-41-17-15-38/h10-13,19-20,23-24,29,31H,5-9,14-18,21-22H2,1-4H3,(H,35,39)(H,36,40). The molecule has 7 nitrogen and oxygen atoms in total. The summed E-state index contributed by atoms with van der Waals surface area (Å²) in [5.41, 5.74) is 6.25. The van der Waals surface area contributed by atoms with Crippen LogP contribution in [0.1, 0.15) is 73.9 Å². The van der Waals surface area contributed by atoms with Crippen LogP contribution in [0.5, 0.6) is 0 Å². The van der Waals surface area contributed by atoms with Crippen LogP contribution in [0.2, 0.25) is 0 Å². The summed E-state index contributed by atoms with van der Waals surface area (Å²) >= 11 is 0. The molecule has 3 fully saturated rings. The fourth-order valence-corrected chi connectivity index (χ4v) is 6.93. The first-order chi connectivity index (χ1) is 19.8. The number of hydrogen-bond acceptors (Lipinski definition) is 5. The molecule has 1 aliphatic carbocycles. The monoisotopic (exact) mass is 560 g/mol. The molecule has 3 unspecified atom stereocenters. The topological polar surface area (TPSA) is 73.9 Å². The third kappa shape index (κ3) is 7.12. The lowest BCUT2D eigenvalue weighted by Gasteiger charge is -2.35. The van der Waals surface area contributed by atoms with E-state index in [2.05, 4.69) is 71.7 Å². The van der Waals surface area contributed by atoms with Gasteiger partial charge in [-0.05, 0) is 73.4 Å². The predicted molar refractivity (Wildman–Crippen MR) is 165 cm³/mol. The maximum atomic E-state index is 13.7. The van der Waals surface area contributed by atoms with E-state index in [-0.39, 0.29) is 29.7 Å². The van der Waals surface area contributed by atoms with Crippen LogP contribution in [-0.4, -0.2) is 68.7 Å². The van der Waals surface area contributed by atoms with Gasteiger partial charge in [-0.25, -0.2) is 0 Å². The molecule has 7 heteroatoms. The average molecular weight is 561 g/mol. The van der Waals surface area contributed by atoms with Crippen LogP contribution in [0.3, 0.4) is 0 Å². The van der Waals surface area contributed by atoms with Gasteiger partial charge in [0, 0.05) is 56.6 Å². The molecule has 2 aromatic rings. The lowest BCUT2D eigenvalue weighted by atomic mass is 9.84. The number of piperidine rings is 1. The average Bonchev–Trinajstić information content (AvgIpc) is 2.97. The molecule has 41 heavy (non-hydrogen) atoms. The van der Waals surface area contributed by atoms with Gasteiger partial charge in [-0.15, -0.1) is 0 Å². The largest absolute Gasteiger partial charge is 0.379 e. The molecule has 1 saturated carbocycles. The highest BCUT2D eigenvalue weighted by Gasteiger charge is 2.32. The summed E-state index contributed by atoms with van der Waals surface area (Å²) in [5, 5.41) is 6.18. The molecule has 0 radical (unpaired) electrons. The Morgan fingerprint density at radius 3 is 2.44 bits per heavy atom. The third-order valence-corrected chi connectivity index (χ3v) is 9.54. The zero-order valence-electron chi connectivity index (χ0n) is 25.4. The summed E-state index contributed by atoms with van der Waals surface area (Å²) in [6, 6.07) is 13.7. The Morgan fingerprint density at radius 2 is 1.76 bits per heavy atom. The van der Waals surface area contributed by atoms with Crippen LogP contribution in [0.15, 0.2) is 36.4 Å². The highest BCUT2D eigenvalue weighted by Crippen LogP contribution is 2.34. The molecule has 2 aromatic carbocycles. The summed E-state index contributed by atoms with van der Waals surface area (Å²) < 4.78 is 5.50. The molecule has 0 spiro atoms. The molecular weight excluding hydrogens is 512 g/mol. The summed E-state index contributed by atoms with van der Waals surface area (Å²) in [5.74, 6) is -0.0420. The molecule has 3 atom stereocenters. The van der Waals surface area contributed by atoms with Crippen molar-refractivity contribution in [3.63, 3.8) is 0 Å². The number of carbonyl (C=O) groups excluding carboxylic acids is 2. The summed E-state index contributed by atoms with van der Waals surface area (Å²) in [6.07, 6.45) is 7.12. The number of rotatable bonds is 8. The first-order valence-electron chi connectivity index (χ1n) is 15.7. The van der Waals surface area contributed by atoms with Gasteiger partial charge in [0.1, 0.15) is 0 Å². The van der Waals surface area contributed by atoms with Gasteiger partial charge in [-0.1, -0.05) is 50.5 Å². The van der Waals surface area contributed by atoms with Gasteiger partial charge in [0.15, 0.2) is 0 Å². The van der Waals surface area contributed by atoms with E-state index in [1.807, 2.05) is 13.0 Å². The number of morpholine rings is 1. The third-order valence-electron chi connectivity index (χ3n) is 9.54. The van der Waals surface area contributed by atoms with E-state index >= 15 is 0 Å². The molecule has 2 saturated heterocycles. The van der Waals surface area contributed by atoms with Crippen LogP contribution in [0.4, 0.5) is 5.69 Å². The van der Waals surface area contributed by atoms with Gasteiger partial charge in [-0.3, -0.25) is 14.5 Å². The van der Waals surface area contributed by atoms with Crippen LogP contribution in [-0.2, 0) is 16.1 Å². The second kappa shape index (κ2) is 13.4. The van der Waals surface area contributed by atoms with E-state index in [1.54, 1.807) is 0 Å². The highest BCUT2D eigenvalue weighted by atomic mass is 16.5. The molecule has 2 heterocycles. The maximum absolute atomic E-state index is 13.7. The Labute approximate surface area is 246 Å². The van der Waals surface area contributed by atoms with E-state index in [4.69, 9.17) is 4.74 Å². The zero-order valence-corrected chi connectivity index (χ0v) is 25.4. The number of nitrogens with zero attached hydrogens (tertiary/aromatic N) is 2. The molecule has 2 aliphatic heterocycles. The van der Waals surface area contributed by atoms with Gasteiger partial charge in [0.25, 0.3) is 5.91 Å². The normalized spacial score (nSPS) is 24.1. The molecule has 2 amide bonds. The Hall–Kier alpha value is -2.90. The molecule has 222 valence electrons. The number of benzene rings is 2. The van der Waals surface area contributed by atoms with Crippen molar-refractivity contribution >= 4 is 17.5 Å². The Balaban J connectivity index is 1.40. The summed E-state index contributed by atoms with van der Waals surface area (Å²) in [6.45, 7) is 11.0. The second-order valence-corrected chi connectivity index (χ2v) is 12.6. The predicted octanol–water partition coefficient (Wildman–Crippen LogP) is 5.15. The van der Waals surface area contributed by atoms with Gasteiger partial charge in [0.05, 0.1) is 19.1 Å². The van der Waals surface area contributed by atoms with Crippen molar-refractivity contribution in [1.82, 2.24) is 15.5 Å². The zero-order chi connectivity index (χ0) is 28.9. The Kier molecular flexibility index (Phi) is 9.66. The van der Waals surface area contributed by atoms with Crippen molar-refractivity contribution in [2.75, 3.05) is 44.8 Å². The first-order valence-corrected chi connectivity index (χ1v) is 15.7. The number of anilines is 1. The second-order valence-electron chi connectivity index (χ2n) is 12.6. The smallest absolute Gasteiger partial charge is 0.251 e. The van der Waals surface area contributed by atoms with Crippen LogP contribution < -0.4 is 15.5 Å². The minimum absolute atomic E-state index is 0.0388. The number of amides is 2. The van der Waals surface area contributed by atoms with E-state index in [0.717, 1.165) is 61.6 Å². The van der Waals surface area contributed by atoms with Crippen LogP contribution in [0.25, 0.3) is 11.1 Å². The lowest BCUT2D eigenvalue weighted by Crippen LogP contribution is -2.50. The minimum atomic E-state index is -0.206. The van der Waals surface area contributed by atoms with Crippen molar-refractivity contribution < 1.29 is 14.3 Å². The Morgan fingerprint density at radius 1 is 1.05 bits per heavy atom. The molecule has 0 aromatic heterocycles. The number of carbonyl (C=O) groups is 2. The van der Waals surface area contributed by atoms with E-state index in [9.17, 15) is 9.59 Å². The molecular formula is C34H48N4O3. The fourth-order valence-electron chi connectivity index (χ4n) is 6.93. The number of hydrogen-bond donors (Lipinski definition) is 2. The van der Waals surface area contributed by atoms with Crippen molar-refractivity contribution in [2.45, 2.75) is 77.9 Å². The lowest BCUT2D eigenvalue weighted by molar-refractivity contribution is -0.129. The van der Waals surface area contributed by atoms with Crippen molar-refractivity contribution in [3.8, 4) is 11.1 Å². The van der Waals surface area contributed by atoms with Crippen LogP contribution >= 0.6 is 0 Å². The van der Waals surface area contributed by atoms with Gasteiger partial charge in [0.2, 0.25) is 5.91 Å². The summed E-state index contributed by atoms with van der Waals surface area (Å²) in [7, 11) is 2.18. The Bertz CT molecular complexity index is 1200. The molecule has 0 bridgehead atoms. The summed E-state index contributed by atoms with van der Waals surface area (Å²) in [4.78, 5) is 31.2. The van der Waals surface area contributed by atoms with Gasteiger partial charge in [-0.2, -0.15) is 0 Å². The van der Waals surface area contributed by atoms with E-state index < -0.39 is 0 Å². The van der Waals surface area contributed by atoms with Crippen molar-refractivity contribution in [3.05, 3.63) is 53.1 Å². The van der Waals surface area contributed by atoms with E-state index in [1.165, 1.54) is 37.7 Å². The van der Waals surface area contributed by atoms with Crippen molar-refractivity contribution in [2.24, 2.45) is 11.8 Å². The van der Waals surface area contributed by atoms with Gasteiger partial charge < -0.3 is 20.3 Å². The fraction of sp³-hybridized carbons (Fsp3) is 0.588. The maximum Gasteiger partial charge on any atom is 0.251 e. The van der Waals surface area contributed by atoms with E-state index in [0.29, 0.717) is 18.2 Å². The molecule has 3 aliphatic rings. The van der Waals surface area contributed by atoms with Gasteiger partial charge >= 0.3 is 0 Å². The minimum Gasteiger partial charge on any atom is -0.379 e. The highest BCUT2D eigenvalue weighted by molar-refractivity contribution is 5.99. The quantitative estimate of drug-likeness (QED) is 0.467. The first kappa shape index (κ1) is 29.6. The number of nitrogens with one attached hydrogen (secondary N) is 2. The van der Waals surface area contributed by atoms with Crippen LogP contribution in [0, 0.1) is 18.8 Å². The van der Waals surface area contributed by atoms with Crippen molar-refractivity contribution in [1.29, 1.82) is 0 Å².